The first-order valence-corrected chi connectivity index (χ1v) is 10.7. The predicted molar refractivity (Wildman–Crippen MR) is 114 cm³/mol. The number of nitrogens with zero attached hydrogens (tertiary/aromatic N) is 3. The number of guanidine groups is 1. The lowest BCUT2D eigenvalue weighted by Gasteiger charge is -2.36. The summed E-state index contributed by atoms with van der Waals surface area (Å²) < 4.78 is 5.65. The summed E-state index contributed by atoms with van der Waals surface area (Å²) in [5, 5.41) is 4.16. The van der Waals surface area contributed by atoms with Crippen LogP contribution in [-0.2, 0) is 6.42 Å². The quantitative estimate of drug-likeness (QED) is 0.625. The second kappa shape index (κ2) is 9.31. The molecule has 0 bridgehead atoms. The fraction of sp³-hybridized carbons (Fsp3) is 0.524. The zero-order valence-electron chi connectivity index (χ0n) is 16.7. The van der Waals surface area contributed by atoms with Crippen LogP contribution in [0.5, 0.6) is 0 Å². The van der Waals surface area contributed by atoms with Crippen LogP contribution >= 0.6 is 11.8 Å². The van der Waals surface area contributed by atoms with Crippen LogP contribution in [-0.4, -0.2) is 53.5 Å². The third kappa shape index (κ3) is 5.28. The third-order valence-corrected chi connectivity index (χ3v) is 6.40. The van der Waals surface area contributed by atoms with Crippen molar-refractivity contribution in [2.75, 3.05) is 32.4 Å². The van der Waals surface area contributed by atoms with E-state index in [2.05, 4.69) is 64.9 Å². The van der Waals surface area contributed by atoms with E-state index in [1.165, 1.54) is 5.56 Å². The van der Waals surface area contributed by atoms with E-state index in [0.717, 1.165) is 49.0 Å². The van der Waals surface area contributed by atoms with Crippen LogP contribution in [0.15, 0.2) is 39.9 Å². The van der Waals surface area contributed by atoms with Gasteiger partial charge in [0, 0.05) is 49.7 Å². The summed E-state index contributed by atoms with van der Waals surface area (Å²) in [5.41, 5.74) is 3.21. The molecular formula is C21H30N4OS. The van der Waals surface area contributed by atoms with Crippen molar-refractivity contribution in [1.29, 1.82) is 0 Å². The molecule has 1 aromatic heterocycles. The minimum atomic E-state index is 0.671. The fourth-order valence-electron chi connectivity index (χ4n) is 3.16. The van der Waals surface area contributed by atoms with Crippen molar-refractivity contribution in [2.24, 2.45) is 10.9 Å². The van der Waals surface area contributed by atoms with Crippen LogP contribution in [0, 0.1) is 12.8 Å². The van der Waals surface area contributed by atoms with Crippen molar-refractivity contribution < 1.29 is 4.42 Å². The number of aromatic nitrogens is 1. The summed E-state index contributed by atoms with van der Waals surface area (Å²) in [6.07, 6.45) is 2.57. The first-order chi connectivity index (χ1) is 13.1. The highest BCUT2D eigenvalue weighted by molar-refractivity contribution is 8.00. The van der Waals surface area contributed by atoms with Gasteiger partial charge in [-0.15, -0.1) is 0 Å². The van der Waals surface area contributed by atoms with Crippen LogP contribution in [0.1, 0.15) is 25.1 Å². The Morgan fingerprint density at radius 2 is 2.15 bits per heavy atom. The van der Waals surface area contributed by atoms with Gasteiger partial charge >= 0.3 is 0 Å². The normalized spacial score (nSPS) is 18.2. The Hall–Kier alpha value is -1.95. The summed E-state index contributed by atoms with van der Waals surface area (Å²) in [7, 11) is 1.86. The van der Waals surface area contributed by atoms with E-state index in [0.29, 0.717) is 17.1 Å². The number of thioether (sulfide) groups is 1. The topological polar surface area (TPSA) is 53.7 Å². The van der Waals surface area contributed by atoms with Gasteiger partial charge < -0.3 is 14.6 Å². The van der Waals surface area contributed by atoms with Crippen molar-refractivity contribution in [2.45, 2.75) is 32.4 Å². The highest BCUT2D eigenvalue weighted by Gasteiger charge is 2.24. The zero-order chi connectivity index (χ0) is 19.2. The molecule has 0 aliphatic carbocycles. The number of aryl methyl sites for hydroxylation is 1. The molecule has 1 unspecified atom stereocenters. The number of oxazole rings is 1. The Kier molecular flexibility index (Phi) is 6.83. The monoisotopic (exact) mass is 386 g/mol. The number of hydrogen-bond acceptors (Lipinski definition) is 4. The molecule has 0 saturated carbocycles. The number of nitrogens with one attached hydrogen (secondary N) is 1. The Balaban J connectivity index is 1.52. The molecule has 5 nitrogen and oxygen atoms in total. The summed E-state index contributed by atoms with van der Waals surface area (Å²) in [4.78, 5) is 11.5. The van der Waals surface area contributed by atoms with E-state index < -0.39 is 0 Å². The number of hydrogen-bond donors (Lipinski definition) is 1. The smallest absolute Gasteiger partial charge is 0.226 e. The molecule has 1 atom stereocenters. The van der Waals surface area contributed by atoms with Crippen molar-refractivity contribution in [3.63, 3.8) is 0 Å². The van der Waals surface area contributed by atoms with Crippen molar-refractivity contribution >= 4 is 17.7 Å². The summed E-state index contributed by atoms with van der Waals surface area (Å²) in [6, 6.07) is 8.24. The van der Waals surface area contributed by atoms with E-state index in [1.807, 2.05) is 19.2 Å². The van der Waals surface area contributed by atoms with Gasteiger partial charge in [0.05, 0.1) is 5.69 Å². The lowest BCUT2D eigenvalue weighted by atomic mass is 10.1. The van der Waals surface area contributed by atoms with Crippen molar-refractivity contribution in [3.05, 3.63) is 41.8 Å². The molecule has 0 radical (unpaired) electrons. The predicted octanol–water partition coefficient (Wildman–Crippen LogP) is 3.84. The van der Waals surface area contributed by atoms with Gasteiger partial charge in [-0.05, 0) is 25.0 Å². The second-order valence-corrected chi connectivity index (χ2v) is 8.68. The van der Waals surface area contributed by atoms with Gasteiger partial charge in [-0.2, -0.15) is 11.8 Å². The van der Waals surface area contributed by atoms with E-state index >= 15 is 0 Å². The maximum Gasteiger partial charge on any atom is 0.226 e. The largest absolute Gasteiger partial charge is 0.444 e. The average Bonchev–Trinajstić information content (AvgIpc) is 3.15. The van der Waals surface area contributed by atoms with E-state index in [1.54, 1.807) is 6.26 Å². The molecule has 1 aromatic carbocycles. The lowest BCUT2D eigenvalue weighted by Crippen LogP contribution is -2.49. The van der Waals surface area contributed by atoms with E-state index in [4.69, 9.17) is 4.42 Å². The van der Waals surface area contributed by atoms with Gasteiger partial charge in [0.2, 0.25) is 5.89 Å². The molecule has 2 aromatic rings. The molecule has 1 fully saturated rings. The molecule has 0 amide bonds. The fourth-order valence-corrected chi connectivity index (χ4v) is 4.46. The summed E-state index contributed by atoms with van der Waals surface area (Å²) >= 11 is 2.08. The Morgan fingerprint density at radius 1 is 1.37 bits per heavy atom. The molecule has 146 valence electrons. The molecule has 1 aliphatic heterocycles. The molecule has 6 heteroatoms. The molecular weight excluding hydrogens is 356 g/mol. The number of rotatable bonds is 5. The third-order valence-electron chi connectivity index (χ3n) is 4.86. The maximum absolute atomic E-state index is 5.65. The highest BCUT2D eigenvalue weighted by atomic mass is 32.2. The van der Waals surface area contributed by atoms with Gasteiger partial charge in [-0.25, -0.2) is 4.98 Å². The highest BCUT2D eigenvalue weighted by Crippen LogP contribution is 2.25. The standard InChI is InChI=1S/C21H30N4OS/c1-15(2)19-13-25(11-12-27-19)21(22-4)23-10-9-18-14-26-20(24-18)17-7-5-16(3)6-8-17/h5-8,14-15,19H,9-13H2,1-4H3,(H,22,23). The minimum Gasteiger partial charge on any atom is -0.444 e. The van der Waals surface area contributed by atoms with Crippen molar-refractivity contribution in [3.8, 4) is 11.5 Å². The van der Waals surface area contributed by atoms with E-state index in [9.17, 15) is 0 Å². The van der Waals surface area contributed by atoms with Crippen LogP contribution in [0.3, 0.4) is 0 Å². The van der Waals surface area contributed by atoms with Crippen molar-refractivity contribution in [1.82, 2.24) is 15.2 Å². The van der Waals surface area contributed by atoms with Gasteiger partial charge in [0.15, 0.2) is 5.96 Å². The lowest BCUT2D eigenvalue weighted by molar-refractivity contribution is 0.381. The summed E-state index contributed by atoms with van der Waals surface area (Å²) in [6.45, 7) is 9.58. The molecule has 1 saturated heterocycles. The summed E-state index contributed by atoms with van der Waals surface area (Å²) in [5.74, 6) is 3.52. The van der Waals surface area contributed by atoms with Gasteiger partial charge in [-0.3, -0.25) is 4.99 Å². The maximum atomic E-state index is 5.65. The van der Waals surface area contributed by atoms with Gasteiger partial charge in [-0.1, -0.05) is 31.5 Å². The SMILES string of the molecule is CN=C(NCCc1coc(-c2ccc(C)cc2)n1)N1CCSC(C(C)C)C1. The first-order valence-electron chi connectivity index (χ1n) is 9.65. The molecule has 0 spiro atoms. The Morgan fingerprint density at radius 3 is 2.85 bits per heavy atom. The molecule has 2 heterocycles. The molecule has 27 heavy (non-hydrogen) atoms. The van der Waals surface area contributed by atoms with Gasteiger partial charge in [0.25, 0.3) is 0 Å². The van der Waals surface area contributed by atoms with Gasteiger partial charge in [0.1, 0.15) is 6.26 Å². The molecule has 1 N–H and O–H groups in total. The van der Waals surface area contributed by atoms with Crippen LogP contribution in [0.4, 0.5) is 0 Å². The second-order valence-electron chi connectivity index (χ2n) is 7.33. The molecule has 1 aliphatic rings. The minimum absolute atomic E-state index is 0.671. The van der Waals surface area contributed by atoms with Crippen LogP contribution in [0.25, 0.3) is 11.5 Å². The van der Waals surface area contributed by atoms with E-state index in [-0.39, 0.29) is 0 Å². The Labute approximate surface area is 166 Å². The number of benzene rings is 1. The Bertz CT molecular complexity index is 754. The average molecular weight is 387 g/mol. The number of aliphatic imine (C=N–C) groups is 1. The van der Waals surface area contributed by atoms with Crippen LogP contribution < -0.4 is 5.32 Å². The van der Waals surface area contributed by atoms with Crippen LogP contribution in [0.2, 0.25) is 0 Å². The zero-order valence-corrected chi connectivity index (χ0v) is 17.6. The molecule has 3 rings (SSSR count). The first kappa shape index (κ1) is 19.8.